The first-order valence-electron chi connectivity index (χ1n) is 11.5. The van der Waals surface area contributed by atoms with E-state index in [2.05, 4.69) is 15.3 Å². The number of carbonyl (C=O) groups is 1. The van der Waals surface area contributed by atoms with Gasteiger partial charge in [0.1, 0.15) is 34.7 Å². The first kappa shape index (κ1) is 22.4. The second-order valence-electron chi connectivity index (χ2n) is 9.85. The van der Waals surface area contributed by atoms with Crippen LogP contribution in [0.4, 0.5) is 15.0 Å². The minimum absolute atomic E-state index is 0.0186. The number of likely N-dealkylation sites (tertiary alicyclic amines) is 1. The number of rotatable bonds is 5. The third kappa shape index (κ3) is 4.49. The Morgan fingerprint density at radius 1 is 1.24 bits per heavy atom. The van der Waals surface area contributed by atoms with Crippen LogP contribution in [0.25, 0.3) is 17.0 Å². The molecule has 0 bridgehead atoms. The van der Waals surface area contributed by atoms with Crippen LogP contribution in [-0.4, -0.2) is 68.6 Å². The molecule has 2 aliphatic rings. The number of aromatic nitrogens is 4. The lowest BCUT2D eigenvalue weighted by Crippen LogP contribution is -2.36. The van der Waals surface area contributed by atoms with Gasteiger partial charge in [0.25, 0.3) is 0 Å². The van der Waals surface area contributed by atoms with Crippen molar-refractivity contribution < 1.29 is 18.7 Å². The number of hydrogen-bond donors (Lipinski definition) is 1. The van der Waals surface area contributed by atoms with E-state index in [4.69, 9.17) is 14.6 Å². The molecular weight excluding hydrogens is 439 g/mol. The Bertz CT molecular complexity index is 1220. The van der Waals surface area contributed by atoms with Crippen LogP contribution < -0.4 is 10.1 Å². The van der Waals surface area contributed by atoms with E-state index < -0.39 is 23.9 Å². The summed E-state index contributed by atoms with van der Waals surface area (Å²) in [5, 5.41) is 7.94. The third-order valence-electron chi connectivity index (χ3n) is 5.91. The molecule has 0 spiro atoms. The molecular formula is C24H29FN6O3. The number of imidazole rings is 1. The molecule has 2 atom stereocenters. The van der Waals surface area contributed by atoms with Crippen LogP contribution in [-0.2, 0) is 4.74 Å². The second kappa shape index (κ2) is 8.41. The van der Waals surface area contributed by atoms with Crippen molar-refractivity contribution in [1.29, 1.82) is 0 Å². The Labute approximate surface area is 197 Å². The maximum Gasteiger partial charge on any atom is 0.410 e. The lowest BCUT2D eigenvalue weighted by molar-refractivity contribution is 0.0283. The highest BCUT2D eigenvalue weighted by atomic mass is 19.1. The second-order valence-corrected chi connectivity index (χ2v) is 9.85. The summed E-state index contributed by atoms with van der Waals surface area (Å²) in [5.41, 5.74) is 2.37. The van der Waals surface area contributed by atoms with Crippen molar-refractivity contribution >= 4 is 17.6 Å². The van der Waals surface area contributed by atoms with Gasteiger partial charge in [-0.2, -0.15) is 5.10 Å². The van der Waals surface area contributed by atoms with Gasteiger partial charge in [-0.3, -0.25) is 0 Å². The SMILES string of the molecule is COc1cc2ncc(-c3cccc(N[C@H]4CN(C(=O)OC(C)(C)C)C[C@@H]4F)n3)n2nc1C1CC1. The highest BCUT2D eigenvalue weighted by Gasteiger charge is 2.37. The van der Waals surface area contributed by atoms with Gasteiger partial charge in [-0.15, -0.1) is 0 Å². The smallest absolute Gasteiger partial charge is 0.410 e. The number of nitrogens with zero attached hydrogens (tertiary/aromatic N) is 5. The van der Waals surface area contributed by atoms with Crippen LogP contribution >= 0.6 is 0 Å². The number of anilines is 1. The monoisotopic (exact) mass is 468 g/mol. The quantitative estimate of drug-likeness (QED) is 0.604. The van der Waals surface area contributed by atoms with E-state index in [0.717, 1.165) is 30.0 Å². The van der Waals surface area contributed by atoms with Crippen LogP contribution in [0.3, 0.4) is 0 Å². The molecule has 34 heavy (non-hydrogen) atoms. The number of fused-ring (bicyclic) bond motifs is 1. The van der Waals surface area contributed by atoms with Crippen LogP contribution in [0.5, 0.6) is 5.75 Å². The lowest BCUT2D eigenvalue weighted by atomic mass is 10.2. The van der Waals surface area contributed by atoms with Gasteiger partial charge in [0.15, 0.2) is 5.65 Å². The fraction of sp³-hybridized carbons (Fsp3) is 0.500. The zero-order valence-corrected chi connectivity index (χ0v) is 19.8. The number of alkyl halides is 1. The Kier molecular flexibility index (Phi) is 5.53. The molecule has 9 nitrogen and oxygen atoms in total. The number of ether oxygens (including phenoxy) is 2. The minimum atomic E-state index is -1.23. The molecule has 180 valence electrons. The van der Waals surface area contributed by atoms with E-state index in [0.29, 0.717) is 23.1 Å². The summed E-state index contributed by atoms with van der Waals surface area (Å²) in [4.78, 5) is 22.9. The molecule has 3 aromatic heterocycles. The van der Waals surface area contributed by atoms with E-state index in [1.54, 1.807) is 44.7 Å². The molecule has 10 heteroatoms. The third-order valence-corrected chi connectivity index (χ3v) is 5.91. The molecule has 1 aliphatic carbocycles. The lowest BCUT2D eigenvalue weighted by Gasteiger charge is -2.24. The summed E-state index contributed by atoms with van der Waals surface area (Å²) in [5.74, 6) is 1.68. The summed E-state index contributed by atoms with van der Waals surface area (Å²) in [7, 11) is 1.64. The van der Waals surface area contributed by atoms with E-state index in [1.807, 2.05) is 18.2 Å². The van der Waals surface area contributed by atoms with E-state index >= 15 is 0 Å². The summed E-state index contributed by atoms with van der Waals surface area (Å²) in [6.45, 7) is 5.55. The average molecular weight is 469 g/mol. The Morgan fingerprint density at radius 2 is 2.03 bits per heavy atom. The average Bonchev–Trinajstić information content (AvgIpc) is 3.45. The van der Waals surface area contributed by atoms with Crippen molar-refractivity contribution in [2.75, 3.05) is 25.5 Å². The van der Waals surface area contributed by atoms with Crippen molar-refractivity contribution in [1.82, 2.24) is 24.5 Å². The van der Waals surface area contributed by atoms with Gasteiger partial charge in [0, 0.05) is 18.5 Å². The zero-order chi connectivity index (χ0) is 24.0. The van der Waals surface area contributed by atoms with Crippen LogP contribution in [0.1, 0.15) is 45.2 Å². The van der Waals surface area contributed by atoms with Gasteiger partial charge < -0.3 is 19.7 Å². The normalized spacial score (nSPS) is 20.6. The predicted octanol–water partition coefficient (Wildman–Crippen LogP) is 4.05. The highest BCUT2D eigenvalue weighted by molar-refractivity contribution is 5.69. The molecule has 0 radical (unpaired) electrons. The van der Waals surface area contributed by atoms with E-state index in [1.165, 1.54) is 4.90 Å². The van der Waals surface area contributed by atoms with Gasteiger partial charge in [0.2, 0.25) is 0 Å². The molecule has 1 saturated carbocycles. The van der Waals surface area contributed by atoms with Gasteiger partial charge >= 0.3 is 6.09 Å². The maximum absolute atomic E-state index is 14.7. The maximum atomic E-state index is 14.7. The minimum Gasteiger partial charge on any atom is -0.495 e. The Hall–Kier alpha value is -3.43. The van der Waals surface area contributed by atoms with Crippen LogP contribution in [0.2, 0.25) is 0 Å². The molecule has 1 N–H and O–H groups in total. The van der Waals surface area contributed by atoms with Crippen molar-refractivity contribution in [2.24, 2.45) is 0 Å². The van der Waals surface area contributed by atoms with Gasteiger partial charge in [-0.05, 0) is 45.7 Å². The number of pyridine rings is 1. The molecule has 1 amide bonds. The molecule has 0 aromatic carbocycles. The van der Waals surface area contributed by atoms with Crippen molar-refractivity contribution in [3.63, 3.8) is 0 Å². The largest absolute Gasteiger partial charge is 0.495 e. The van der Waals surface area contributed by atoms with Crippen molar-refractivity contribution in [3.05, 3.63) is 36.2 Å². The number of hydrogen-bond acceptors (Lipinski definition) is 7. The molecule has 3 aromatic rings. The number of amides is 1. The number of nitrogens with one attached hydrogen (secondary N) is 1. The van der Waals surface area contributed by atoms with Gasteiger partial charge in [-0.1, -0.05) is 6.07 Å². The molecule has 2 fully saturated rings. The van der Waals surface area contributed by atoms with Gasteiger partial charge in [0.05, 0.1) is 31.6 Å². The molecule has 4 heterocycles. The summed E-state index contributed by atoms with van der Waals surface area (Å²) in [6.07, 6.45) is 2.18. The fourth-order valence-electron chi connectivity index (χ4n) is 4.11. The number of halogens is 1. The molecule has 5 rings (SSSR count). The summed E-state index contributed by atoms with van der Waals surface area (Å²) < 4.78 is 27.4. The molecule has 1 saturated heterocycles. The van der Waals surface area contributed by atoms with Crippen LogP contribution in [0, 0.1) is 0 Å². The van der Waals surface area contributed by atoms with Gasteiger partial charge in [-0.25, -0.2) is 23.7 Å². The standard InChI is InChI=1S/C24H29FN6O3/c1-24(2,3)34-23(32)30-12-15(25)17(13-30)28-20-7-5-6-16(27-20)18-11-26-21-10-19(33-4)22(14-8-9-14)29-31(18)21/h5-7,10-11,14-15,17H,8-9,12-13H2,1-4H3,(H,27,28)/t15-,17-/m0/s1. The summed E-state index contributed by atoms with van der Waals surface area (Å²) >= 11 is 0. The van der Waals surface area contributed by atoms with Crippen molar-refractivity contribution in [3.8, 4) is 17.1 Å². The summed E-state index contributed by atoms with van der Waals surface area (Å²) in [6, 6.07) is 6.81. The first-order valence-corrected chi connectivity index (χ1v) is 11.5. The first-order chi connectivity index (χ1) is 16.2. The van der Waals surface area contributed by atoms with Crippen molar-refractivity contribution in [2.45, 2.75) is 57.3 Å². The predicted molar refractivity (Wildman–Crippen MR) is 125 cm³/mol. The molecule has 0 unspecified atom stereocenters. The fourth-order valence-corrected chi connectivity index (χ4v) is 4.11. The number of carbonyl (C=O) groups excluding carboxylic acids is 1. The zero-order valence-electron chi connectivity index (χ0n) is 19.8. The Morgan fingerprint density at radius 3 is 2.74 bits per heavy atom. The topological polar surface area (TPSA) is 93.9 Å². The highest BCUT2D eigenvalue weighted by Crippen LogP contribution is 2.43. The van der Waals surface area contributed by atoms with E-state index in [-0.39, 0.29) is 13.1 Å². The number of methoxy groups -OCH3 is 1. The van der Waals surface area contributed by atoms with Crippen LogP contribution in [0.15, 0.2) is 30.5 Å². The Balaban J connectivity index is 1.36. The van der Waals surface area contributed by atoms with E-state index in [9.17, 15) is 9.18 Å². The molecule has 1 aliphatic heterocycles.